The van der Waals surface area contributed by atoms with Gasteiger partial charge in [-0.2, -0.15) is 0 Å². The highest BCUT2D eigenvalue weighted by Crippen LogP contribution is 2.09. The number of guanidine groups is 1. The summed E-state index contributed by atoms with van der Waals surface area (Å²) in [7, 11) is 0. The van der Waals surface area contributed by atoms with Crippen molar-refractivity contribution < 1.29 is 24.3 Å². The molecule has 0 aliphatic rings. The number of hydrogen-bond donors (Lipinski definition) is 8. The highest BCUT2D eigenvalue weighted by molar-refractivity contribution is 5.94. The number of carboxylic acids is 1. The number of imidazole rings is 1. The van der Waals surface area contributed by atoms with E-state index in [9.17, 15) is 24.3 Å². The second-order valence-electron chi connectivity index (χ2n) is 10.2. The molecule has 0 saturated heterocycles. The number of carbonyl (C=O) groups is 4. The predicted molar refractivity (Wildman–Crippen MR) is 153 cm³/mol. The fourth-order valence-electron chi connectivity index (χ4n) is 4.05. The van der Waals surface area contributed by atoms with Crippen LogP contribution >= 0.6 is 0 Å². The lowest BCUT2D eigenvalue weighted by molar-refractivity contribution is -0.142. The van der Waals surface area contributed by atoms with Crippen molar-refractivity contribution in [1.29, 1.82) is 0 Å². The zero-order chi connectivity index (χ0) is 30.4. The van der Waals surface area contributed by atoms with E-state index in [1.165, 1.54) is 12.5 Å². The molecule has 0 saturated carbocycles. The van der Waals surface area contributed by atoms with Gasteiger partial charge in [0.15, 0.2) is 5.96 Å². The average molecular weight is 572 g/mol. The maximum Gasteiger partial charge on any atom is 0.326 e. The molecule has 0 fully saturated rings. The number of amides is 3. The minimum atomic E-state index is -1.23. The second-order valence-corrected chi connectivity index (χ2v) is 10.2. The normalized spacial score (nSPS) is 13.9. The van der Waals surface area contributed by atoms with Gasteiger partial charge in [-0.3, -0.25) is 19.4 Å². The molecule has 0 bridgehead atoms. The van der Waals surface area contributed by atoms with Crippen molar-refractivity contribution in [2.24, 2.45) is 28.1 Å². The van der Waals surface area contributed by atoms with E-state index in [4.69, 9.17) is 17.2 Å². The van der Waals surface area contributed by atoms with Crippen LogP contribution in [0.4, 0.5) is 0 Å². The van der Waals surface area contributed by atoms with Crippen molar-refractivity contribution in [2.75, 3.05) is 6.54 Å². The molecule has 224 valence electrons. The SMILES string of the molecule is CC(C)CC(NC(=O)C(N)CCCN=C(N)N)C(=O)NC(Cc1cnc[nH]1)C(=O)NC(Cc1ccccc1)C(=O)O. The minimum Gasteiger partial charge on any atom is -0.480 e. The molecule has 2 rings (SSSR count). The van der Waals surface area contributed by atoms with Gasteiger partial charge in [0.05, 0.1) is 12.4 Å². The predicted octanol–water partition coefficient (Wildman–Crippen LogP) is -0.839. The van der Waals surface area contributed by atoms with Crippen LogP contribution in [0.3, 0.4) is 0 Å². The first-order valence-electron chi connectivity index (χ1n) is 13.4. The van der Waals surface area contributed by atoms with Gasteiger partial charge in [-0.25, -0.2) is 9.78 Å². The Morgan fingerprint density at radius 2 is 1.59 bits per heavy atom. The smallest absolute Gasteiger partial charge is 0.326 e. The molecule has 2 aromatic rings. The summed E-state index contributed by atoms with van der Waals surface area (Å²) in [6, 6.07) is 4.61. The van der Waals surface area contributed by atoms with Crippen LogP contribution in [0.1, 0.15) is 44.4 Å². The standard InChI is InChI=1S/C27H41N9O5/c1-16(2)11-20(34-23(37)19(28)9-6-10-32-27(29)30)24(38)35-21(13-18-14-31-15-33-18)25(39)36-22(26(40)41)12-17-7-4-3-5-8-17/h3-5,7-8,14-16,19-22H,6,9-13,28H2,1-2H3,(H,31,33)(H,34,37)(H,35,38)(H,36,39)(H,40,41)(H4,29,30,32). The second kappa shape index (κ2) is 16.6. The number of benzene rings is 1. The van der Waals surface area contributed by atoms with Crippen molar-refractivity contribution in [3.8, 4) is 0 Å². The molecule has 4 unspecified atom stereocenters. The Kier molecular flexibility index (Phi) is 13.3. The molecule has 1 heterocycles. The summed E-state index contributed by atoms with van der Waals surface area (Å²) in [6.07, 6.45) is 4.04. The van der Waals surface area contributed by atoms with Crippen LogP contribution in [0.15, 0.2) is 47.8 Å². The Morgan fingerprint density at radius 3 is 2.17 bits per heavy atom. The van der Waals surface area contributed by atoms with Gasteiger partial charge in [0.2, 0.25) is 17.7 Å². The van der Waals surface area contributed by atoms with E-state index in [-0.39, 0.29) is 31.1 Å². The first kappa shape index (κ1) is 32.8. The topological polar surface area (TPSA) is 244 Å². The number of nitrogens with zero attached hydrogens (tertiary/aromatic N) is 2. The van der Waals surface area contributed by atoms with Crippen molar-refractivity contribution in [2.45, 2.75) is 70.1 Å². The average Bonchev–Trinajstić information content (AvgIpc) is 3.43. The van der Waals surface area contributed by atoms with E-state index >= 15 is 0 Å². The molecule has 14 heteroatoms. The number of aromatic nitrogens is 2. The molecule has 1 aromatic carbocycles. The number of nitrogens with one attached hydrogen (secondary N) is 4. The molecular weight excluding hydrogens is 530 g/mol. The molecular formula is C27H41N9O5. The van der Waals surface area contributed by atoms with Crippen LogP contribution in [0, 0.1) is 5.92 Å². The lowest BCUT2D eigenvalue weighted by atomic mass is 10.0. The maximum atomic E-state index is 13.4. The van der Waals surface area contributed by atoms with E-state index < -0.39 is 47.9 Å². The van der Waals surface area contributed by atoms with Crippen molar-refractivity contribution >= 4 is 29.7 Å². The van der Waals surface area contributed by atoms with Crippen molar-refractivity contribution in [1.82, 2.24) is 25.9 Å². The zero-order valence-corrected chi connectivity index (χ0v) is 23.4. The van der Waals surface area contributed by atoms with Crippen LogP contribution in [0.2, 0.25) is 0 Å². The Hall–Kier alpha value is -4.46. The molecule has 0 spiro atoms. The third kappa shape index (κ3) is 12.1. The summed E-state index contributed by atoms with van der Waals surface area (Å²) >= 11 is 0. The third-order valence-electron chi connectivity index (χ3n) is 6.15. The lowest BCUT2D eigenvalue weighted by Gasteiger charge is -2.26. The third-order valence-corrected chi connectivity index (χ3v) is 6.15. The van der Waals surface area contributed by atoms with Gasteiger partial charge in [0.1, 0.15) is 18.1 Å². The number of carboxylic acid groups (broad SMARTS) is 1. The number of carbonyl (C=O) groups excluding carboxylic acids is 3. The number of hydrogen-bond acceptors (Lipinski definition) is 7. The zero-order valence-electron chi connectivity index (χ0n) is 23.4. The van der Waals surface area contributed by atoms with Gasteiger partial charge in [-0.05, 0) is 30.7 Å². The monoisotopic (exact) mass is 571 g/mol. The van der Waals surface area contributed by atoms with E-state index in [0.717, 1.165) is 5.56 Å². The van der Waals surface area contributed by atoms with Crippen LogP contribution in [0.5, 0.6) is 0 Å². The van der Waals surface area contributed by atoms with E-state index in [1.807, 2.05) is 13.8 Å². The van der Waals surface area contributed by atoms with Crippen LogP contribution in [-0.2, 0) is 32.0 Å². The first-order chi connectivity index (χ1) is 19.5. The van der Waals surface area contributed by atoms with Gasteiger partial charge in [-0.15, -0.1) is 0 Å². The molecule has 0 aliphatic carbocycles. The first-order valence-corrected chi connectivity index (χ1v) is 13.4. The van der Waals surface area contributed by atoms with Crippen LogP contribution in [0.25, 0.3) is 0 Å². The molecule has 11 N–H and O–H groups in total. The summed E-state index contributed by atoms with van der Waals surface area (Å²) in [5.41, 5.74) is 17.9. The van der Waals surface area contributed by atoms with Gasteiger partial charge < -0.3 is 43.2 Å². The van der Waals surface area contributed by atoms with E-state index in [2.05, 4.69) is 30.9 Å². The number of aromatic amines is 1. The number of aliphatic imine (C=N–C) groups is 1. The van der Waals surface area contributed by atoms with E-state index in [0.29, 0.717) is 25.1 Å². The van der Waals surface area contributed by atoms with Crippen LogP contribution < -0.4 is 33.2 Å². The lowest BCUT2D eigenvalue weighted by Crippen LogP contribution is -2.58. The molecule has 3 amide bonds. The van der Waals surface area contributed by atoms with Gasteiger partial charge in [0, 0.05) is 31.3 Å². The fraction of sp³-hybridized carbons (Fsp3) is 0.481. The number of rotatable bonds is 17. The quantitative estimate of drug-likeness (QED) is 0.0669. The largest absolute Gasteiger partial charge is 0.480 e. The maximum absolute atomic E-state index is 13.4. The van der Waals surface area contributed by atoms with Gasteiger partial charge in [-0.1, -0.05) is 44.2 Å². The highest BCUT2D eigenvalue weighted by atomic mass is 16.4. The summed E-state index contributed by atoms with van der Waals surface area (Å²) in [5, 5.41) is 17.7. The molecule has 4 atom stereocenters. The molecule has 14 nitrogen and oxygen atoms in total. The Morgan fingerprint density at radius 1 is 0.951 bits per heavy atom. The fourth-order valence-corrected chi connectivity index (χ4v) is 4.05. The minimum absolute atomic E-state index is 0.0158. The molecule has 41 heavy (non-hydrogen) atoms. The molecule has 0 aliphatic heterocycles. The van der Waals surface area contributed by atoms with Crippen molar-refractivity contribution in [3.63, 3.8) is 0 Å². The summed E-state index contributed by atoms with van der Waals surface area (Å²) < 4.78 is 0. The Bertz CT molecular complexity index is 1150. The highest BCUT2D eigenvalue weighted by Gasteiger charge is 2.31. The van der Waals surface area contributed by atoms with Gasteiger partial charge >= 0.3 is 5.97 Å². The van der Waals surface area contributed by atoms with Crippen molar-refractivity contribution in [3.05, 3.63) is 54.1 Å². The molecule has 1 aromatic heterocycles. The molecule has 0 radical (unpaired) electrons. The Labute approximate surface area is 238 Å². The summed E-state index contributed by atoms with van der Waals surface area (Å²) in [4.78, 5) is 62.1. The summed E-state index contributed by atoms with van der Waals surface area (Å²) in [6.45, 7) is 4.08. The van der Waals surface area contributed by atoms with Crippen LogP contribution in [-0.4, -0.2) is 75.4 Å². The van der Waals surface area contributed by atoms with E-state index in [1.54, 1.807) is 30.3 Å². The summed E-state index contributed by atoms with van der Waals surface area (Å²) in [5.74, 6) is -3.07. The number of aliphatic carboxylic acids is 1. The van der Waals surface area contributed by atoms with Gasteiger partial charge in [0.25, 0.3) is 0 Å². The number of nitrogens with two attached hydrogens (primary N) is 3. The number of H-pyrrole nitrogens is 1. The Balaban J connectivity index is 2.15.